The molecule has 0 spiro atoms. The average molecular weight is 515 g/mol. The number of ketones is 1. The molecule has 0 aromatic heterocycles. The van der Waals surface area contributed by atoms with Crippen molar-refractivity contribution in [3.63, 3.8) is 0 Å². The molecule has 1 aliphatic rings. The molecule has 1 fully saturated rings. The van der Waals surface area contributed by atoms with E-state index >= 15 is 0 Å². The molecule has 1 unspecified atom stereocenters. The van der Waals surface area contributed by atoms with Gasteiger partial charge in [0, 0.05) is 31.0 Å². The third-order valence-electron chi connectivity index (χ3n) is 6.71. The second-order valence-corrected chi connectivity index (χ2v) is 9.33. The van der Waals surface area contributed by atoms with Gasteiger partial charge in [0.1, 0.15) is 11.5 Å². The lowest BCUT2D eigenvalue weighted by atomic mass is 9.92. The molecule has 196 valence electrons. The van der Waals surface area contributed by atoms with E-state index in [1.807, 2.05) is 50.2 Å². The molecule has 0 saturated carbocycles. The number of hydrogen-bond acceptors (Lipinski definition) is 7. The summed E-state index contributed by atoms with van der Waals surface area (Å²) in [5, 5.41) is 11.6. The number of anilines is 2. The fraction of sp³-hybridized carbons (Fsp3) is 0.233. The zero-order chi connectivity index (χ0) is 27.7. The Bertz CT molecular complexity index is 1460. The van der Waals surface area contributed by atoms with Crippen molar-refractivity contribution in [3.05, 3.63) is 94.1 Å². The van der Waals surface area contributed by atoms with Crippen LogP contribution in [0.2, 0.25) is 0 Å². The van der Waals surface area contributed by atoms with Gasteiger partial charge in [-0.25, -0.2) is 4.79 Å². The van der Waals surface area contributed by atoms with E-state index in [9.17, 15) is 19.5 Å². The van der Waals surface area contributed by atoms with E-state index < -0.39 is 23.7 Å². The smallest absolute Gasteiger partial charge is 0.337 e. The zero-order valence-corrected chi connectivity index (χ0v) is 22.2. The highest BCUT2D eigenvalue weighted by molar-refractivity contribution is 6.51. The fourth-order valence-electron chi connectivity index (χ4n) is 4.68. The minimum absolute atomic E-state index is 0.0382. The highest BCUT2D eigenvalue weighted by Gasteiger charge is 2.47. The Morgan fingerprint density at radius 1 is 0.947 bits per heavy atom. The summed E-state index contributed by atoms with van der Waals surface area (Å²) in [5.41, 5.74) is 3.97. The summed E-state index contributed by atoms with van der Waals surface area (Å²) in [6.07, 6.45) is 0. The normalized spacial score (nSPS) is 16.5. The van der Waals surface area contributed by atoms with Crippen LogP contribution in [0.5, 0.6) is 5.75 Å². The predicted octanol–water partition coefficient (Wildman–Crippen LogP) is 4.79. The van der Waals surface area contributed by atoms with Crippen molar-refractivity contribution >= 4 is 34.8 Å². The lowest BCUT2D eigenvalue weighted by Crippen LogP contribution is -2.29. The molecule has 0 radical (unpaired) electrons. The summed E-state index contributed by atoms with van der Waals surface area (Å²) in [6, 6.07) is 16.3. The number of esters is 1. The summed E-state index contributed by atoms with van der Waals surface area (Å²) < 4.78 is 10.2. The van der Waals surface area contributed by atoms with Crippen LogP contribution < -0.4 is 14.5 Å². The second-order valence-electron chi connectivity index (χ2n) is 9.33. The standard InChI is InChI=1S/C30H30N2O6/c1-17-15-24(37-5)18(2)14-23(17)27(33)25-26(19-10-12-21(13-11-19)31(3)4)32(29(35)28(25)34)22-9-7-8-20(16-22)30(36)38-6/h7-16,26,33H,1-6H3/b27-25+. The van der Waals surface area contributed by atoms with Crippen LogP contribution in [0, 0.1) is 13.8 Å². The quantitative estimate of drug-likeness (QED) is 0.219. The van der Waals surface area contributed by atoms with Crippen LogP contribution >= 0.6 is 0 Å². The minimum atomic E-state index is -0.930. The number of Topliss-reactive ketones (excluding diaryl/α,β-unsaturated/α-hetero) is 1. The highest BCUT2D eigenvalue weighted by Crippen LogP contribution is 2.43. The summed E-state index contributed by atoms with van der Waals surface area (Å²) in [7, 11) is 6.65. The maximum atomic E-state index is 13.5. The number of carbonyl (C=O) groups excluding carboxylic acids is 3. The van der Waals surface area contributed by atoms with E-state index in [0.29, 0.717) is 28.1 Å². The number of hydrogen-bond donors (Lipinski definition) is 1. The number of benzene rings is 3. The van der Waals surface area contributed by atoms with Gasteiger partial charge in [-0.1, -0.05) is 18.2 Å². The van der Waals surface area contributed by atoms with Crippen LogP contribution in [-0.2, 0) is 14.3 Å². The number of rotatable bonds is 6. The lowest BCUT2D eigenvalue weighted by Gasteiger charge is -2.26. The number of methoxy groups -OCH3 is 2. The first-order valence-corrected chi connectivity index (χ1v) is 12.0. The molecular formula is C30H30N2O6. The van der Waals surface area contributed by atoms with Crippen molar-refractivity contribution in [2.75, 3.05) is 38.1 Å². The van der Waals surface area contributed by atoms with Gasteiger partial charge in [0.2, 0.25) is 0 Å². The highest BCUT2D eigenvalue weighted by atomic mass is 16.5. The summed E-state index contributed by atoms with van der Waals surface area (Å²) >= 11 is 0. The number of nitrogens with zero attached hydrogens (tertiary/aromatic N) is 2. The van der Waals surface area contributed by atoms with Crippen LogP contribution in [0.4, 0.5) is 11.4 Å². The van der Waals surface area contributed by atoms with Crippen molar-refractivity contribution in [2.45, 2.75) is 19.9 Å². The second kappa shape index (κ2) is 10.4. The van der Waals surface area contributed by atoms with E-state index in [-0.39, 0.29) is 16.9 Å². The number of ether oxygens (including phenoxy) is 2. The van der Waals surface area contributed by atoms with Crippen molar-refractivity contribution in [2.24, 2.45) is 0 Å². The Kier molecular flexibility index (Phi) is 7.26. The SMILES string of the molecule is COC(=O)c1cccc(N2C(=O)C(=O)/C(=C(/O)c3cc(C)c(OC)cc3C)C2c2ccc(N(C)C)cc2)c1. The Balaban J connectivity index is 1.96. The third-order valence-corrected chi connectivity index (χ3v) is 6.71. The van der Waals surface area contributed by atoms with Gasteiger partial charge in [-0.3, -0.25) is 14.5 Å². The number of aryl methyl sites for hydroxylation is 2. The van der Waals surface area contributed by atoms with Crippen LogP contribution in [0.15, 0.2) is 66.2 Å². The Labute approximate surface area is 221 Å². The Hall–Kier alpha value is -4.59. The fourth-order valence-corrected chi connectivity index (χ4v) is 4.68. The number of aliphatic hydroxyl groups is 1. The lowest BCUT2D eigenvalue weighted by molar-refractivity contribution is -0.132. The van der Waals surface area contributed by atoms with Crippen LogP contribution in [-0.4, -0.2) is 51.1 Å². The molecule has 1 amide bonds. The molecule has 1 saturated heterocycles. The van der Waals surface area contributed by atoms with E-state index in [4.69, 9.17) is 9.47 Å². The van der Waals surface area contributed by atoms with Gasteiger partial charge < -0.3 is 19.5 Å². The molecule has 3 aromatic rings. The van der Waals surface area contributed by atoms with E-state index in [1.54, 1.807) is 44.4 Å². The van der Waals surface area contributed by atoms with Gasteiger partial charge in [0.25, 0.3) is 11.7 Å². The minimum Gasteiger partial charge on any atom is -0.507 e. The van der Waals surface area contributed by atoms with Crippen molar-refractivity contribution < 1.29 is 29.0 Å². The molecule has 38 heavy (non-hydrogen) atoms. The van der Waals surface area contributed by atoms with Crippen LogP contribution in [0.25, 0.3) is 5.76 Å². The molecular weight excluding hydrogens is 484 g/mol. The summed E-state index contributed by atoms with van der Waals surface area (Å²) in [4.78, 5) is 42.5. The van der Waals surface area contributed by atoms with Crippen molar-refractivity contribution in [1.82, 2.24) is 0 Å². The maximum Gasteiger partial charge on any atom is 0.337 e. The van der Waals surface area contributed by atoms with Crippen molar-refractivity contribution in [3.8, 4) is 5.75 Å². The first-order valence-electron chi connectivity index (χ1n) is 12.0. The van der Waals surface area contributed by atoms with Gasteiger partial charge >= 0.3 is 5.97 Å². The molecule has 0 aliphatic carbocycles. The molecule has 1 N–H and O–H groups in total. The number of aliphatic hydroxyl groups excluding tert-OH is 1. The molecule has 1 atom stereocenters. The van der Waals surface area contributed by atoms with E-state index in [1.165, 1.54) is 18.1 Å². The number of carbonyl (C=O) groups is 3. The largest absolute Gasteiger partial charge is 0.507 e. The molecule has 4 rings (SSSR count). The van der Waals surface area contributed by atoms with Crippen molar-refractivity contribution in [1.29, 1.82) is 0 Å². The van der Waals surface area contributed by atoms with E-state index in [2.05, 4.69) is 0 Å². The average Bonchev–Trinajstić information content (AvgIpc) is 3.18. The molecule has 1 heterocycles. The Morgan fingerprint density at radius 2 is 1.63 bits per heavy atom. The summed E-state index contributed by atoms with van der Waals surface area (Å²) in [6.45, 7) is 3.64. The monoisotopic (exact) mass is 514 g/mol. The van der Waals surface area contributed by atoms with Gasteiger partial charge in [-0.15, -0.1) is 0 Å². The van der Waals surface area contributed by atoms with Crippen LogP contribution in [0.1, 0.15) is 38.7 Å². The molecule has 1 aliphatic heterocycles. The first-order chi connectivity index (χ1) is 18.1. The van der Waals surface area contributed by atoms with Crippen LogP contribution in [0.3, 0.4) is 0 Å². The van der Waals surface area contributed by atoms with Gasteiger partial charge in [-0.2, -0.15) is 0 Å². The van der Waals surface area contributed by atoms with E-state index in [0.717, 1.165) is 11.3 Å². The van der Waals surface area contributed by atoms with Gasteiger partial charge in [-0.05, 0) is 73.0 Å². The number of amides is 1. The molecule has 8 nitrogen and oxygen atoms in total. The maximum absolute atomic E-state index is 13.5. The molecule has 8 heteroatoms. The Morgan fingerprint density at radius 3 is 2.24 bits per heavy atom. The van der Waals surface area contributed by atoms with Gasteiger partial charge in [0.15, 0.2) is 0 Å². The first kappa shape index (κ1) is 26.5. The van der Waals surface area contributed by atoms with Gasteiger partial charge in [0.05, 0.1) is 31.4 Å². The third kappa shape index (κ3) is 4.61. The zero-order valence-electron chi connectivity index (χ0n) is 22.2. The summed E-state index contributed by atoms with van der Waals surface area (Å²) in [5.74, 6) is -1.83. The predicted molar refractivity (Wildman–Crippen MR) is 146 cm³/mol. The molecule has 3 aromatic carbocycles. The molecule has 0 bridgehead atoms. The topological polar surface area (TPSA) is 96.4 Å².